The highest BCUT2D eigenvalue weighted by Gasteiger charge is 2.09. The van der Waals surface area contributed by atoms with Crippen LogP contribution in [0.4, 0.5) is 11.4 Å². The van der Waals surface area contributed by atoms with Crippen LogP contribution in [0.15, 0.2) is 48.5 Å². The molecule has 0 aliphatic heterocycles. The summed E-state index contributed by atoms with van der Waals surface area (Å²) in [6, 6.07) is 14.1. The first-order chi connectivity index (χ1) is 12.0. The molecule has 3 N–H and O–H groups in total. The van der Waals surface area contributed by atoms with E-state index >= 15 is 0 Å². The second-order valence-corrected chi connectivity index (χ2v) is 6.21. The Morgan fingerprint density at radius 2 is 1.80 bits per heavy atom. The Kier molecular flexibility index (Phi) is 6.83. The Labute approximate surface area is 152 Å². The number of halogens is 1. The Hall–Kier alpha value is -2.53. The van der Waals surface area contributed by atoms with Crippen molar-refractivity contribution in [2.24, 2.45) is 0 Å². The normalized spacial score (nSPS) is 11.5. The van der Waals surface area contributed by atoms with Crippen LogP contribution in [0.1, 0.15) is 30.6 Å². The number of nitrogens with one attached hydrogen (secondary N) is 3. The van der Waals surface area contributed by atoms with E-state index < -0.39 is 0 Å². The van der Waals surface area contributed by atoms with Crippen LogP contribution in [0.5, 0.6) is 0 Å². The number of carbonyl (C=O) groups excluding carboxylic acids is 2. The minimum Gasteiger partial charge on any atom is -0.376 e. The Morgan fingerprint density at radius 1 is 1.08 bits per heavy atom. The third-order valence-corrected chi connectivity index (χ3v) is 3.91. The molecule has 1 unspecified atom stereocenters. The van der Waals surface area contributed by atoms with Crippen LogP contribution in [0.25, 0.3) is 0 Å². The number of anilines is 2. The van der Waals surface area contributed by atoms with E-state index in [-0.39, 0.29) is 24.4 Å². The maximum Gasteiger partial charge on any atom is 0.251 e. The van der Waals surface area contributed by atoms with E-state index in [0.29, 0.717) is 22.0 Å². The molecular weight excluding hydrogens is 338 g/mol. The molecule has 6 heteroatoms. The number of carbonyl (C=O) groups is 2. The van der Waals surface area contributed by atoms with Crippen molar-refractivity contribution in [3.8, 4) is 0 Å². The first kappa shape index (κ1) is 18.8. The van der Waals surface area contributed by atoms with Gasteiger partial charge in [-0.1, -0.05) is 30.7 Å². The number of hydrogen-bond donors (Lipinski definition) is 3. The third kappa shape index (κ3) is 6.12. The minimum atomic E-state index is -0.197. The van der Waals surface area contributed by atoms with Crippen molar-refractivity contribution in [1.29, 1.82) is 0 Å². The fourth-order valence-corrected chi connectivity index (χ4v) is 2.32. The van der Waals surface area contributed by atoms with E-state index in [0.717, 1.165) is 6.42 Å². The predicted molar refractivity (Wildman–Crippen MR) is 102 cm³/mol. The SMILES string of the molecule is CCC(C)NC(=O)c1cccc(NCC(=O)Nc2cccc(Cl)c2)c1. The lowest BCUT2D eigenvalue weighted by Crippen LogP contribution is -2.31. The number of benzene rings is 2. The van der Waals surface area contributed by atoms with Crippen LogP contribution >= 0.6 is 11.6 Å². The lowest BCUT2D eigenvalue weighted by Gasteiger charge is -2.12. The number of hydrogen-bond acceptors (Lipinski definition) is 3. The summed E-state index contributed by atoms with van der Waals surface area (Å²) in [7, 11) is 0. The van der Waals surface area contributed by atoms with Crippen molar-refractivity contribution < 1.29 is 9.59 Å². The van der Waals surface area contributed by atoms with Crippen LogP contribution in [0.2, 0.25) is 5.02 Å². The quantitative estimate of drug-likeness (QED) is 0.701. The molecule has 0 aromatic heterocycles. The fourth-order valence-electron chi connectivity index (χ4n) is 2.13. The van der Waals surface area contributed by atoms with Gasteiger partial charge in [0.05, 0.1) is 6.54 Å². The summed E-state index contributed by atoms with van der Waals surface area (Å²) >= 11 is 5.89. The average molecular weight is 360 g/mol. The summed E-state index contributed by atoms with van der Waals surface area (Å²) in [5, 5.41) is 9.25. The van der Waals surface area contributed by atoms with Gasteiger partial charge in [-0.15, -0.1) is 0 Å². The zero-order valence-corrected chi connectivity index (χ0v) is 15.1. The zero-order valence-electron chi connectivity index (χ0n) is 14.3. The molecule has 5 nitrogen and oxygen atoms in total. The van der Waals surface area contributed by atoms with E-state index in [1.54, 1.807) is 42.5 Å². The van der Waals surface area contributed by atoms with Crippen molar-refractivity contribution in [2.75, 3.05) is 17.2 Å². The van der Waals surface area contributed by atoms with E-state index in [1.165, 1.54) is 0 Å². The lowest BCUT2D eigenvalue weighted by atomic mass is 10.1. The predicted octanol–water partition coefficient (Wildman–Crippen LogP) is 3.92. The van der Waals surface area contributed by atoms with Gasteiger partial charge in [-0.2, -0.15) is 0 Å². The molecule has 0 fully saturated rings. The van der Waals surface area contributed by atoms with Crippen LogP contribution < -0.4 is 16.0 Å². The second kappa shape index (κ2) is 9.08. The highest BCUT2D eigenvalue weighted by molar-refractivity contribution is 6.30. The first-order valence-corrected chi connectivity index (χ1v) is 8.56. The van der Waals surface area contributed by atoms with Gasteiger partial charge in [-0.25, -0.2) is 0 Å². The molecule has 2 aromatic carbocycles. The fraction of sp³-hybridized carbons (Fsp3) is 0.263. The molecule has 0 saturated heterocycles. The Morgan fingerprint density at radius 3 is 2.52 bits per heavy atom. The maximum absolute atomic E-state index is 12.1. The van der Waals surface area contributed by atoms with Gasteiger partial charge in [0.15, 0.2) is 0 Å². The first-order valence-electron chi connectivity index (χ1n) is 8.18. The number of rotatable bonds is 7. The minimum absolute atomic E-state index is 0.0863. The molecule has 1 atom stereocenters. The van der Waals surface area contributed by atoms with E-state index in [9.17, 15) is 9.59 Å². The van der Waals surface area contributed by atoms with Crippen molar-refractivity contribution in [1.82, 2.24) is 5.32 Å². The highest BCUT2D eigenvalue weighted by atomic mass is 35.5. The molecule has 2 rings (SSSR count). The van der Waals surface area contributed by atoms with Gasteiger partial charge in [0.2, 0.25) is 5.91 Å². The van der Waals surface area contributed by atoms with Crippen molar-refractivity contribution >= 4 is 34.8 Å². The van der Waals surface area contributed by atoms with Crippen molar-refractivity contribution in [2.45, 2.75) is 26.3 Å². The molecule has 2 aromatic rings. The van der Waals surface area contributed by atoms with E-state index in [1.807, 2.05) is 19.9 Å². The molecule has 0 aliphatic rings. The van der Waals surface area contributed by atoms with E-state index in [4.69, 9.17) is 11.6 Å². The molecule has 0 radical (unpaired) electrons. The summed E-state index contributed by atoms with van der Waals surface area (Å²) in [5.41, 5.74) is 1.90. The zero-order chi connectivity index (χ0) is 18.2. The van der Waals surface area contributed by atoms with Gasteiger partial charge < -0.3 is 16.0 Å². The van der Waals surface area contributed by atoms with Gasteiger partial charge in [-0.05, 0) is 49.7 Å². The van der Waals surface area contributed by atoms with Gasteiger partial charge in [0.1, 0.15) is 0 Å². The van der Waals surface area contributed by atoms with E-state index in [2.05, 4.69) is 16.0 Å². The average Bonchev–Trinajstić information content (AvgIpc) is 2.60. The van der Waals surface area contributed by atoms with Crippen molar-refractivity contribution in [3.05, 3.63) is 59.1 Å². The largest absolute Gasteiger partial charge is 0.376 e. The molecular formula is C19H22ClN3O2. The van der Waals surface area contributed by atoms with Crippen LogP contribution in [0, 0.1) is 0 Å². The summed E-state index contributed by atoms with van der Waals surface area (Å²) < 4.78 is 0. The van der Waals surface area contributed by atoms with Gasteiger partial charge in [0, 0.05) is 28.0 Å². The molecule has 0 saturated carbocycles. The highest BCUT2D eigenvalue weighted by Crippen LogP contribution is 2.15. The third-order valence-electron chi connectivity index (χ3n) is 3.68. The monoisotopic (exact) mass is 359 g/mol. The summed E-state index contributed by atoms with van der Waals surface area (Å²) in [6.07, 6.45) is 0.868. The van der Waals surface area contributed by atoms with Gasteiger partial charge in [0.25, 0.3) is 5.91 Å². The molecule has 2 amide bonds. The van der Waals surface area contributed by atoms with Gasteiger partial charge in [-0.3, -0.25) is 9.59 Å². The Balaban J connectivity index is 1.91. The van der Waals surface area contributed by atoms with Gasteiger partial charge >= 0.3 is 0 Å². The molecule has 25 heavy (non-hydrogen) atoms. The molecule has 0 aliphatic carbocycles. The summed E-state index contributed by atoms with van der Waals surface area (Å²) in [4.78, 5) is 24.2. The van der Waals surface area contributed by atoms with Crippen LogP contribution in [-0.4, -0.2) is 24.4 Å². The smallest absolute Gasteiger partial charge is 0.251 e. The van der Waals surface area contributed by atoms with Crippen LogP contribution in [-0.2, 0) is 4.79 Å². The topological polar surface area (TPSA) is 70.2 Å². The molecule has 0 spiro atoms. The molecule has 0 heterocycles. The summed E-state index contributed by atoms with van der Waals surface area (Å²) in [6.45, 7) is 4.06. The molecule has 132 valence electrons. The lowest BCUT2D eigenvalue weighted by molar-refractivity contribution is -0.114. The second-order valence-electron chi connectivity index (χ2n) is 5.78. The van der Waals surface area contributed by atoms with Crippen molar-refractivity contribution in [3.63, 3.8) is 0 Å². The Bertz CT molecular complexity index is 749. The standard InChI is InChI=1S/C19H22ClN3O2/c1-3-13(2)22-19(25)14-6-4-8-16(10-14)21-12-18(24)23-17-9-5-7-15(20)11-17/h4-11,13,21H,3,12H2,1-2H3,(H,22,25)(H,23,24). The van der Waals surface area contributed by atoms with Crippen LogP contribution in [0.3, 0.4) is 0 Å². The summed E-state index contributed by atoms with van der Waals surface area (Å²) in [5.74, 6) is -0.321. The number of amides is 2. The maximum atomic E-state index is 12.1. The molecule has 0 bridgehead atoms.